The van der Waals surface area contributed by atoms with Gasteiger partial charge in [0.05, 0.1) is 6.10 Å². The first kappa shape index (κ1) is 17.8. The number of aliphatic hydroxyl groups is 1. The lowest BCUT2D eigenvalue weighted by Gasteiger charge is -2.52. The smallest absolute Gasteiger partial charge is 0.250 e. The maximum Gasteiger partial charge on any atom is 0.250 e. The Hall–Kier alpha value is -1.59. The second-order valence-corrected chi connectivity index (χ2v) is 7.26. The number of benzene rings is 1. The summed E-state index contributed by atoms with van der Waals surface area (Å²) in [6, 6.07) is 7.88. The minimum Gasteiger partial charge on any atom is -0.387 e. The van der Waals surface area contributed by atoms with E-state index < -0.39 is 12.5 Å². The molecule has 0 aliphatic heterocycles. The van der Waals surface area contributed by atoms with Crippen molar-refractivity contribution in [1.82, 2.24) is 0 Å². The molecule has 2 unspecified atom stereocenters. The van der Waals surface area contributed by atoms with Crippen molar-refractivity contribution in [3.05, 3.63) is 24.3 Å². The van der Waals surface area contributed by atoms with Crippen LogP contribution < -0.4 is 10.6 Å². The number of anilines is 2. The van der Waals surface area contributed by atoms with Crippen LogP contribution in [-0.4, -0.2) is 36.4 Å². The summed E-state index contributed by atoms with van der Waals surface area (Å²) in [7, 11) is 0. The molecule has 1 saturated carbocycles. The minimum atomic E-state index is -0.512. The van der Waals surface area contributed by atoms with Gasteiger partial charge in [-0.15, -0.1) is 0 Å². The summed E-state index contributed by atoms with van der Waals surface area (Å²) in [5, 5.41) is 15.0. The van der Waals surface area contributed by atoms with Crippen LogP contribution >= 0.6 is 0 Å². The highest BCUT2D eigenvalue weighted by Gasteiger charge is 2.49. The van der Waals surface area contributed by atoms with Crippen molar-refractivity contribution in [1.29, 1.82) is 0 Å². The standard InChI is InChI=1S/C18H28N2O3/c1-12(2)11-23-16-9-15(18(16,3)4)19-13-6-5-7-14(8-13)20-17(22)10-21/h5-8,12,15-16,19,21H,9-11H2,1-4H3,(H,20,22). The van der Waals surface area contributed by atoms with Crippen molar-refractivity contribution in [3.63, 3.8) is 0 Å². The summed E-state index contributed by atoms with van der Waals surface area (Å²) in [5.41, 5.74) is 1.71. The molecule has 128 valence electrons. The number of hydrogen-bond acceptors (Lipinski definition) is 4. The molecule has 0 saturated heterocycles. The molecular weight excluding hydrogens is 292 g/mol. The molecule has 5 nitrogen and oxygen atoms in total. The highest BCUT2D eigenvalue weighted by Crippen LogP contribution is 2.44. The normalized spacial score (nSPS) is 22.5. The Labute approximate surface area is 138 Å². The molecule has 3 N–H and O–H groups in total. The van der Waals surface area contributed by atoms with Crippen LogP contribution in [0.15, 0.2) is 24.3 Å². The number of carbonyl (C=O) groups excluding carboxylic acids is 1. The van der Waals surface area contributed by atoms with E-state index >= 15 is 0 Å². The molecule has 2 rings (SSSR count). The van der Waals surface area contributed by atoms with E-state index in [4.69, 9.17) is 9.84 Å². The van der Waals surface area contributed by atoms with Crippen molar-refractivity contribution in [2.45, 2.75) is 46.3 Å². The summed E-state index contributed by atoms with van der Waals surface area (Å²) >= 11 is 0. The van der Waals surface area contributed by atoms with Gasteiger partial charge in [-0.1, -0.05) is 33.8 Å². The molecule has 2 atom stereocenters. The van der Waals surface area contributed by atoms with E-state index in [1.807, 2.05) is 18.2 Å². The van der Waals surface area contributed by atoms with Crippen molar-refractivity contribution in [2.75, 3.05) is 23.8 Å². The van der Waals surface area contributed by atoms with Crippen LogP contribution in [0.1, 0.15) is 34.1 Å². The van der Waals surface area contributed by atoms with E-state index in [0.29, 0.717) is 17.6 Å². The minimum absolute atomic E-state index is 0.0687. The molecule has 5 heteroatoms. The molecule has 0 aromatic heterocycles. The first-order valence-corrected chi connectivity index (χ1v) is 8.22. The highest BCUT2D eigenvalue weighted by atomic mass is 16.5. The quantitative estimate of drug-likeness (QED) is 0.722. The Bertz CT molecular complexity index is 543. The Morgan fingerprint density at radius 1 is 1.39 bits per heavy atom. The molecule has 1 aliphatic rings. The summed E-state index contributed by atoms with van der Waals surface area (Å²) in [6.45, 7) is 9.04. The fourth-order valence-corrected chi connectivity index (χ4v) is 2.81. The third-order valence-electron chi connectivity index (χ3n) is 4.44. The summed E-state index contributed by atoms with van der Waals surface area (Å²) in [6.07, 6.45) is 1.26. The van der Waals surface area contributed by atoms with Gasteiger partial charge >= 0.3 is 0 Å². The maximum absolute atomic E-state index is 11.3. The third-order valence-corrected chi connectivity index (χ3v) is 4.44. The van der Waals surface area contributed by atoms with Crippen molar-refractivity contribution >= 4 is 17.3 Å². The average molecular weight is 320 g/mol. The zero-order chi connectivity index (χ0) is 17.0. The van der Waals surface area contributed by atoms with Gasteiger partial charge in [0.25, 0.3) is 0 Å². The van der Waals surface area contributed by atoms with Crippen molar-refractivity contribution in [3.8, 4) is 0 Å². The van der Waals surface area contributed by atoms with E-state index in [2.05, 4.69) is 38.3 Å². The number of carbonyl (C=O) groups is 1. The molecule has 1 aliphatic carbocycles. The Kier molecular flexibility index (Phi) is 5.65. The fourth-order valence-electron chi connectivity index (χ4n) is 2.81. The maximum atomic E-state index is 11.3. The van der Waals surface area contributed by atoms with Crippen LogP contribution in [0.25, 0.3) is 0 Å². The number of nitrogens with one attached hydrogen (secondary N) is 2. The summed E-state index contributed by atoms with van der Waals surface area (Å²) in [5.74, 6) is 0.137. The van der Waals surface area contributed by atoms with Crippen LogP contribution in [0.3, 0.4) is 0 Å². The molecule has 0 bridgehead atoms. The van der Waals surface area contributed by atoms with E-state index in [1.54, 1.807) is 6.07 Å². The number of ether oxygens (including phenoxy) is 1. The monoisotopic (exact) mass is 320 g/mol. The number of hydrogen-bond donors (Lipinski definition) is 3. The average Bonchev–Trinajstić information content (AvgIpc) is 2.50. The van der Waals surface area contributed by atoms with E-state index in [0.717, 1.165) is 18.7 Å². The summed E-state index contributed by atoms with van der Waals surface area (Å²) < 4.78 is 5.99. The van der Waals surface area contributed by atoms with Crippen LogP contribution in [0, 0.1) is 11.3 Å². The van der Waals surface area contributed by atoms with Crippen molar-refractivity contribution in [2.24, 2.45) is 11.3 Å². The Morgan fingerprint density at radius 3 is 2.70 bits per heavy atom. The first-order chi connectivity index (χ1) is 10.8. The lowest BCUT2D eigenvalue weighted by atomic mass is 9.64. The fraction of sp³-hybridized carbons (Fsp3) is 0.611. The molecular formula is C18H28N2O3. The molecule has 0 spiro atoms. The number of aliphatic hydroxyl groups excluding tert-OH is 1. The topological polar surface area (TPSA) is 70.6 Å². The SMILES string of the molecule is CC(C)COC1CC(Nc2cccc(NC(=O)CO)c2)C1(C)C. The van der Waals surface area contributed by atoms with Gasteiger partial charge in [-0.05, 0) is 30.5 Å². The number of amides is 1. The Balaban J connectivity index is 1.93. The lowest BCUT2D eigenvalue weighted by molar-refractivity contribution is -0.118. The van der Waals surface area contributed by atoms with Crippen LogP contribution in [0.4, 0.5) is 11.4 Å². The van der Waals surface area contributed by atoms with Gasteiger partial charge in [-0.25, -0.2) is 0 Å². The van der Waals surface area contributed by atoms with Crippen molar-refractivity contribution < 1.29 is 14.6 Å². The van der Waals surface area contributed by atoms with E-state index in [9.17, 15) is 4.79 Å². The Morgan fingerprint density at radius 2 is 2.09 bits per heavy atom. The van der Waals surface area contributed by atoms with Gasteiger partial charge in [0.1, 0.15) is 6.61 Å². The van der Waals surface area contributed by atoms with Gasteiger partial charge in [0.15, 0.2) is 0 Å². The zero-order valence-electron chi connectivity index (χ0n) is 14.4. The van der Waals surface area contributed by atoms with Crippen LogP contribution in [0.5, 0.6) is 0 Å². The van der Waals surface area contributed by atoms with E-state index in [-0.39, 0.29) is 11.5 Å². The molecule has 1 aromatic carbocycles. The first-order valence-electron chi connectivity index (χ1n) is 8.22. The molecule has 1 amide bonds. The summed E-state index contributed by atoms with van der Waals surface area (Å²) in [4.78, 5) is 11.3. The predicted octanol–water partition coefficient (Wildman–Crippen LogP) is 2.87. The predicted molar refractivity (Wildman–Crippen MR) is 92.5 cm³/mol. The zero-order valence-corrected chi connectivity index (χ0v) is 14.4. The van der Waals surface area contributed by atoms with Gasteiger partial charge < -0.3 is 20.5 Å². The molecule has 23 heavy (non-hydrogen) atoms. The van der Waals surface area contributed by atoms with Gasteiger partial charge in [0, 0.05) is 29.4 Å². The second-order valence-electron chi connectivity index (χ2n) is 7.26. The molecule has 0 radical (unpaired) electrons. The van der Waals surface area contributed by atoms with Crippen LogP contribution in [0.2, 0.25) is 0 Å². The van der Waals surface area contributed by atoms with Gasteiger partial charge in [-0.2, -0.15) is 0 Å². The van der Waals surface area contributed by atoms with Gasteiger partial charge in [-0.3, -0.25) is 4.79 Å². The largest absolute Gasteiger partial charge is 0.387 e. The van der Waals surface area contributed by atoms with Crippen LogP contribution in [-0.2, 0) is 9.53 Å². The molecule has 1 fully saturated rings. The van der Waals surface area contributed by atoms with E-state index in [1.165, 1.54) is 0 Å². The lowest BCUT2D eigenvalue weighted by Crippen LogP contribution is -2.58. The van der Waals surface area contributed by atoms with Gasteiger partial charge in [0.2, 0.25) is 5.91 Å². The molecule has 1 aromatic rings. The third kappa shape index (κ3) is 4.45. The highest BCUT2D eigenvalue weighted by molar-refractivity contribution is 5.91. The molecule has 0 heterocycles. The second kappa shape index (κ2) is 7.32. The number of rotatable bonds is 7.